The average molecular weight is 397 g/mol. The molecule has 0 spiro atoms. The number of benzene rings is 1. The number of guanidine groups is 1. The Morgan fingerprint density at radius 3 is 2.68 bits per heavy atom. The Kier molecular flexibility index (Phi) is 8.00. The van der Waals surface area contributed by atoms with E-state index >= 15 is 0 Å². The molecule has 0 amide bonds. The molecule has 0 atom stereocenters. The van der Waals surface area contributed by atoms with E-state index < -0.39 is 9.84 Å². The average Bonchev–Trinajstić information content (AvgIpc) is 2.28. The minimum absolute atomic E-state index is 0. The van der Waals surface area contributed by atoms with Crippen LogP contribution in [0.2, 0.25) is 0 Å². The zero-order valence-corrected chi connectivity index (χ0v) is 14.2. The van der Waals surface area contributed by atoms with Gasteiger partial charge in [0.15, 0.2) is 15.8 Å². The van der Waals surface area contributed by atoms with Gasteiger partial charge in [0.2, 0.25) is 0 Å². The van der Waals surface area contributed by atoms with Crippen molar-refractivity contribution in [3.05, 3.63) is 29.8 Å². The predicted molar refractivity (Wildman–Crippen MR) is 91.0 cm³/mol. The minimum Gasteiger partial charge on any atom is -0.370 e. The fraction of sp³-hybridized carbons (Fsp3) is 0.417. The van der Waals surface area contributed by atoms with Crippen molar-refractivity contribution < 1.29 is 8.42 Å². The summed E-state index contributed by atoms with van der Waals surface area (Å²) in [4.78, 5) is 3.99. The van der Waals surface area contributed by atoms with Crippen LogP contribution in [0, 0.1) is 6.92 Å². The maximum Gasteiger partial charge on any atom is 0.193 e. The quantitative estimate of drug-likeness (QED) is 0.451. The summed E-state index contributed by atoms with van der Waals surface area (Å²) >= 11 is 0. The molecule has 0 aliphatic heterocycles. The number of nitrogens with zero attached hydrogens (tertiary/aromatic N) is 1. The smallest absolute Gasteiger partial charge is 0.193 e. The summed E-state index contributed by atoms with van der Waals surface area (Å²) in [7, 11) is -2.99. The molecule has 0 aliphatic carbocycles. The molecule has 3 N–H and O–H groups in total. The second kappa shape index (κ2) is 8.36. The Bertz CT molecular complexity index is 530. The summed E-state index contributed by atoms with van der Waals surface area (Å²) in [6.07, 6.45) is 0. The van der Waals surface area contributed by atoms with Gasteiger partial charge >= 0.3 is 0 Å². The molecule has 0 unspecified atom stereocenters. The van der Waals surface area contributed by atoms with Gasteiger partial charge < -0.3 is 11.1 Å². The molecule has 19 heavy (non-hydrogen) atoms. The molecular formula is C12H20IN3O2S. The van der Waals surface area contributed by atoms with Crippen LogP contribution in [0.15, 0.2) is 29.3 Å². The number of aliphatic imine (C=N–C) groups is 1. The molecule has 0 aliphatic rings. The molecule has 0 bridgehead atoms. The van der Waals surface area contributed by atoms with Crippen LogP contribution in [0.3, 0.4) is 0 Å². The lowest BCUT2D eigenvalue weighted by molar-refractivity contribution is 0.597. The second-order valence-electron chi connectivity index (χ2n) is 4.00. The number of anilines is 1. The lowest BCUT2D eigenvalue weighted by Crippen LogP contribution is -2.24. The van der Waals surface area contributed by atoms with Crippen LogP contribution < -0.4 is 11.1 Å². The first-order valence-corrected chi connectivity index (χ1v) is 7.59. The van der Waals surface area contributed by atoms with Crippen LogP contribution in [0.5, 0.6) is 0 Å². The normalized spacial score (nSPS) is 11.8. The van der Waals surface area contributed by atoms with E-state index in [-0.39, 0.29) is 48.0 Å². The van der Waals surface area contributed by atoms with E-state index in [1.165, 1.54) is 0 Å². The van der Waals surface area contributed by atoms with E-state index in [0.717, 1.165) is 11.3 Å². The fourth-order valence-electron chi connectivity index (χ4n) is 1.36. The lowest BCUT2D eigenvalue weighted by atomic mass is 10.2. The minimum atomic E-state index is -2.99. The van der Waals surface area contributed by atoms with Crippen LogP contribution in [0.4, 0.5) is 5.69 Å². The molecule has 0 radical (unpaired) electrons. The van der Waals surface area contributed by atoms with Crippen molar-refractivity contribution in [1.29, 1.82) is 0 Å². The molecule has 0 heterocycles. The highest BCUT2D eigenvalue weighted by Gasteiger charge is 2.05. The Balaban J connectivity index is 0.00000324. The largest absolute Gasteiger partial charge is 0.370 e. The van der Waals surface area contributed by atoms with E-state index in [1.54, 1.807) is 6.92 Å². The Morgan fingerprint density at radius 2 is 2.11 bits per heavy atom. The van der Waals surface area contributed by atoms with Crippen LogP contribution >= 0.6 is 24.0 Å². The standard InChI is InChI=1S/C12H19N3O2S.HI/c1-3-18(16,17)8-7-14-12(13)15-11-6-4-5-10(2)9-11;/h4-6,9H,3,7-8H2,1-2H3,(H3,13,14,15);1H. The third-order valence-corrected chi connectivity index (χ3v) is 4.10. The number of rotatable bonds is 5. The summed E-state index contributed by atoms with van der Waals surface area (Å²) in [5, 5.41) is 2.92. The molecule has 1 aromatic carbocycles. The van der Waals surface area contributed by atoms with Gasteiger partial charge in [0.1, 0.15) is 0 Å². The van der Waals surface area contributed by atoms with Crippen molar-refractivity contribution in [2.75, 3.05) is 23.4 Å². The van der Waals surface area contributed by atoms with Crippen LogP contribution in [-0.2, 0) is 9.84 Å². The summed E-state index contributed by atoms with van der Waals surface area (Å²) < 4.78 is 22.5. The fourth-order valence-corrected chi connectivity index (χ4v) is 2.02. The van der Waals surface area contributed by atoms with Gasteiger partial charge in [-0.1, -0.05) is 19.1 Å². The topological polar surface area (TPSA) is 84.5 Å². The van der Waals surface area contributed by atoms with Crippen molar-refractivity contribution in [3.8, 4) is 0 Å². The third kappa shape index (κ3) is 7.36. The van der Waals surface area contributed by atoms with E-state index in [1.807, 2.05) is 31.2 Å². The molecular weight excluding hydrogens is 377 g/mol. The van der Waals surface area contributed by atoms with Crippen molar-refractivity contribution in [1.82, 2.24) is 0 Å². The van der Waals surface area contributed by atoms with E-state index in [0.29, 0.717) is 0 Å². The van der Waals surface area contributed by atoms with Gasteiger partial charge in [-0.2, -0.15) is 0 Å². The number of nitrogens with two attached hydrogens (primary N) is 1. The molecule has 0 saturated heterocycles. The number of halogens is 1. The van der Waals surface area contributed by atoms with Gasteiger partial charge in [-0.3, -0.25) is 4.99 Å². The highest BCUT2D eigenvalue weighted by Crippen LogP contribution is 2.08. The maximum absolute atomic E-state index is 11.3. The van der Waals surface area contributed by atoms with Crippen LogP contribution in [0.1, 0.15) is 12.5 Å². The number of hydrogen-bond donors (Lipinski definition) is 2. The second-order valence-corrected chi connectivity index (χ2v) is 6.47. The molecule has 0 aromatic heterocycles. The molecule has 7 heteroatoms. The van der Waals surface area contributed by atoms with E-state index in [9.17, 15) is 8.42 Å². The Hall–Kier alpha value is -0.830. The van der Waals surface area contributed by atoms with Gasteiger partial charge in [-0.15, -0.1) is 24.0 Å². The summed E-state index contributed by atoms with van der Waals surface area (Å²) in [6.45, 7) is 3.78. The summed E-state index contributed by atoms with van der Waals surface area (Å²) in [6, 6.07) is 7.70. The first-order chi connectivity index (χ1) is 8.43. The van der Waals surface area contributed by atoms with Crippen molar-refractivity contribution in [3.63, 3.8) is 0 Å². The monoisotopic (exact) mass is 397 g/mol. The van der Waals surface area contributed by atoms with Crippen LogP contribution in [0.25, 0.3) is 0 Å². The predicted octanol–water partition coefficient (Wildman–Crippen LogP) is 1.77. The van der Waals surface area contributed by atoms with Gasteiger partial charge in [-0.05, 0) is 24.6 Å². The zero-order valence-electron chi connectivity index (χ0n) is 11.1. The number of nitrogens with one attached hydrogen (secondary N) is 1. The zero-order chi connectivity index (χ0) is 13.6. The first kappa shape index (κ1) is 18.2. The van der Waals surface area contributed by atoms with Crippen molar-refractivity contribution in [2.24, 2.45) is 10.7 Å². The van der Waals surface area contributed by atoms with E-state index in [4.69, 9.17) is 5.73 Å². The van der Waals surface area contributed by atoms with Gasteiger partial charge in [-0.25, -0.2) is 8.42 Å². The van der Waals surface area contributed by atoms with Gasteiger partial charge in [0.25, 0.3) is 0 Å². The van der Waals surface area contributed by atoms with Gasteiger partial charge in [0.05, 0.1) is 12.3 Å². The Morgan fingerprint density at radius 1 is 1.42 bits per heavy atom. The van der Waals surface area contributed by atoms with Crippen molar-refractivity contribution >= 4 is 45.5 Å². The third-order valence-electron chi connectivity index (χ3n) is 2.41. The number of sulfone groups is 1. The summed E-state index contributed by atoms with van der Waals surface area (Å²) in [5.41, 5.74) is 7.63. The molecule has 108 valence electrons. The maximum atomic E-state index is 11.3. The number of hydrogen-bond acceptors (Lipinski definition) is 3. The highest BCUT2D eigenvalue weighted by molar-refractivity contribution is 14.0. The number of aryl methyl sites for hydroxylation is 1. The molecule has 1 rings (SSSR count). The van der Waals surface area contributed by atoms with Crippen LogP contribution in [-0.4, -0.2) is 32.4 Å². The lowest BCUT2D eigenvalue weighted by Gasteiger charge is -2.06. The summed E-state index contributed by atoms with van der Waals surface area (Å²) in [5.74, 6) is 0.389. The van der Waals surface area contributed by atoms with Crippen molar-refractivity contribution in [2.45, 2.75) is 13.8 Å². The van der Waals surface area contributed by atoms with Gasteiger partial charge in [0, 0.05) is 11.4 Å². The molecule has 5 nitrogen and oxygen atoms in total. The molecule has 1 aromatic rings. The Labute approximate surface area is 131 Å². The van der Waals surface area contributed by atoms with E-state index in [2.05, 4.69) is 10.3 Å². The molecule has 0 fully saturated rings. The first-order valence-electron chi connectivity index (χ1n) is 5.77. The SMILES string of the molecule is CCS(=O)(=O)CCN=C(N)Nc1cccc(C)c1.I. The molecule has 0 saturated carbocycles. The highest BCUT2D eigenvalue weighted by atomic mass is 127.